The molecule has 1 aliphatic heterocycles. The van der Waals surface area contributed by atoms with Gasteiger partial charge in [0.25, 0.3) is 0 Å². The molecule has 0 spiro atoms. The molecule has 2 saturated carbocycles. The molecule has 44 heavy (non-hydrogen) atoms. The molecular formula is C40H76O4. The summed E-state index contributed by atoms with van der Waals surface area (Å²) in [5.41, 5.74) is -0.819. The molecule has 0 unspecified atom stereocenters. The summed E-state index contributed by atoms with van der Waals surface area (Å²) in [6.45, 7) is 23.0. The highest BCUT2D eigenvalue weighted by molar-refractivity contribution is 5.23. The van der Waals surface area contributed by atoms with Crippen molar-refractivity contribution in [2.45, 2.75) is 214 Å². The minimum atomic E-state index is -0.752. The van der Waals surface area contributed by atoms with Gasteiger partial charge in [0.2, 0.25) is 0 Å². The van der Waals surface area contributed by atoms with E-state index in [0.717, 1.165) is 49.9 Å². The molecule has 0 bridgehead atoms. The third-order valence-corrected chi connectivity index (χ3v) is 13.1. The van der Waals surface area contributed by atoms with Gasteiger partial charge in [-0.25, -0.2) is 0 Å². The molecule has 260 valence electrons. The van der Waals surface area contributed by atoms with E-state index >= 15 is 0 Å². The molecule has 2 aliphatic carbocycles. The highest BCUT2D eigenvalue weighted by Crippen LogP contribution is 2.67. The normalized spacial score (nSPS) is 37.2. The molecule has 3 fully saturated rings. The van der Waals surface area contributed by atoms with Gasteiger partial charge in [-0.15, -0.1) is 0 Å². The van der Waals surface area contributed by atoms with Crippen LogP contribution in [-0.2, 0) is 4.74 Å². The minimum Gasteiger partial charge on any atom is -0.393 e. The number of aliphatic hydroxyl groups excluding tert-OH is 2. The molecule has 4 nitrogen and oxygen atoms in total. The lowest BCUT2D eigenvalue weighted by Crippen LogP contribution is -2.51. The van der Waals surface area contributed by atoms with Crippen LogP contribution in [0.15, 0.2) is 0 Å². The Bertz CT molecular complexity index is 847. The Labute approximate surface area is 273 Å². The maximum absolute atomic E-state index is 11.0. The van der Waals surface area contributed by atoms with Crippen LogP contribution in [0.4, 0.5) is 0 Å². The monoisotopic (exact) mass is 621 g/mol. The van der Waals surface area contributed by atoms with Crippen LogP contribution in [0.25, 0.3) is 0 Å². The minimum absolute atomic E-state index is 0.00163. The number of unbranched alkanes of at least 4 members (excludes halogenated alkanes) is 1. The van der Waals surface area contributed by atoms with Crippen LogP contribution in [0.3, 0.4) is 0 Å². The van der Waals surface area contributed by atoms with Gasteiger partial charge in [0, 0.05) is 12.8 Å². The topological polar surface area (TPSA) is 73.2 Å². The lowest BCUT2D eigenvalue weighted by Gasteiger charge is -2.50. The number of aliphatic hydroxyl groups is 3. The zero-order chi connectivity index (χ0) is 33.0. The second-order valence-corrected chi connectivity index (χ2v) is 18.7. The molecule has 3 aliphatic rings. The summed E-state index contributed by atoms with van der Waals surface area (Å²) in [7, 11) is 0. The van der Waals surface area contributed by atoms with Crippen LogP contribution >= 0.6 is 0 Å². The molecule has 10 atom stereocenters. The van der Waals surface area contributed by atoms with Gasteiger partial charge in [0.1, 0.15) is 5.60 Å². The number of hydrogen-bond acceptors (Lipinski definition) is 4. The molecule has 0 aromatic rings. The predicted octanol–water partition coefficient (Wildman–Crippen LogP) is 10.2. The lowest BCUT2D eigenvalue weighted by atomic mass is 9.59. The van der Waals surface area contributed by atoms with Gasteiger partial charge in [-0.1, -0.05) is 126 Å². The molecule has 4 heteroatoms. The third kappa shape index (κ3) is 9.93. The summed E-state index contributed by atoms with van der Waals surface area (Å²) in [5.74, 6) is 3.39. The van der Waals surface area contributed by atoms with Crippen molar-refractivity contribution in [1.29, 1.82) is 0 Å². The molecule has 1 heterocycles. The van der Waals surface area contributed by atoms with Crippen molar-refractivity contribution in [3.8, 4) is 0 Å². The van der Waals surface area contributed by atoms with E-state index in [-0.39, 0.29) is 40.2 Å². The summed E-state index contributed by atoms with van der Waals surface area (Å²) in [6.07, 6.45) is 20.6. The summed E-state index contributed by atoms with van der Waals surface area (Å²) in [5, 5.41) is 31.6. The third-order valence-electron chi connectivity index (χ3n) is 13.1. The van der Waals surface area contributed by atoms with Crippen molar-refractivity contribution in [3.63, 3.8) is 0 Å². The van der Waals surface area contributed by atoms with Gasteiger partial charge < -0.3 is 20.1 Å². The van der Waals surface area contributed by atoms with Crippen molar-refractivity contribution in [1.82, 2.24) is 0 Å². The Kier molecular flexibility index (Phi) is 13.4. The van der Waals surface area contributed by atoms with Crippen LogP contribution in [0.2, 0.25) is 0 Å². The van der Waals surface area contributed by atoms with Crippen LogP contribution < -0.4 is 0 Å². The van der Waals surface area contributed by atoms with E-state index in [2.05, 4.69) is 62.3 Å². The summed E-state index contributed by atoms with van der Waals surface area (Å²) in [4.78, 5) is 0. The Morgan fingerprint density at radius 1 is 0.591 bits per heavy atom. The maximum atomic E-state index is 11.0. The Morgan fingerprint density at radius 3 is 1.55 bits per heavy atom. The van der Waals surface area contributed by atoms with E-state index in [0.29, 0.717) is 12.3 Å². The maximum Gasteiger partial charge on any atom is 0.103 e. The Hall–Kier alpha value is -0.160. The van der Waals surface area contributed by atoms with Crippen LogP contribution in [0.1, 0.15) is 185 Å². The zero-order valence-electron chi connectivity index (χ0n) is 31.0. The molecule has 0 aromatic carbocycles. The molecule has 0 radical (unpaired) electrons. The fourth-order valence-electron chi connectivity index (χ4n) is 10.4. The molecule has 0 amide bonds. The Morgan fingerprint density at radius 2 is 1.05 bits per heavy atom. The van der Waals surface area contributed by atoms with Crippen LogP contribution in [0, 0.1) is 40.4 Å². The standard InChI is InChI=1S/C40H76O4/c1-29(17-13-19-31(3)21-22-35-36(5,6)25-33(41)27-38(35,9)43)15-11-12-16-30(2)18-14-20-32(4)23-24-40-37(7,8)26-34(42)28-39(40,10)44-40/h29-35,41-43H,11-28H2,1-10H3/t29-,30+,31-,32+,33-,34-,35-,38+,39+,40-/m0/s1. The quantitative estimate of drug-likeness (QED) is 0.0992. The van der Waals surface area contributed by atoms with Crippen molar-refractivity contribution in [2.24, 2.45) is 40.4 Å². The first-order valence-electron chi connectivity index (χ1n) is 19.1. The highest BCUT2D eigenvalue weighted by Gasteiger charge is 2.75. The van der Waals surface area contributed by atoms with E-state index in [1.807, 2.05) is 6.92 Å². The first-order valence-corrected chi connectivity index (χ1v) is 19.1. The molecule has 0 aromatic heterocycles. The first kappa shape index (κ1) is 38.3. The van der Waals surface area contributed by atoms with Crippen molar-refractivity contribution < 1.29 is 20.1 Å². The van der Waals surface area contributed by atoms with E-state index in [4.69, 9.17) is 4.74 Å². The number of rotatable bonds is 19. The SMILES string of the molecule is C[C@H](CCCC[C@H](C)CCC[C@H](C)CC[C@H]1C(C)(C)C[C@H](O)C[C@@]1(C)O)CCC[C@@H](C)CC[C@@]12O[C@]1(C)C[C@@H](O)CC2(C)C. The van der Waals surface area contributed by atoms with Crippen molar-refractivity contribution in [2.75, 3.05) is 0 Å². The second kappa shape index (κ2) is 15.4. The summed E-state index contributed by atoms with van der Waals surface area (Å²) < 4.78 is 6.41. The smallest absolute Gasteiger partial charge is 0.103 e. The van der Waals surface area contributed by atoms with E-state index < -0.39 is 5.60 Å². The van der Waals surface area contributed by atoms with Crippen molar-refractivity contribution in [3.05, 3.63) is 0 Å². The molecule has 3 N–H and O–H groups in total. The van der Waals surface area contributed by atoms with Gasteiger partial charge in [0.15, 0.2) is 0 Å². The lowest BCUT2D eigenvalue weighted by molar-refractivity contribution is -0.133. The van der Waals surface area contributed by atoms with Gasteiger partial charge in [-0.3, -0.25) is 0 Å². The number of hydrogen-bond donors (Lipinski definition) is 3. The molecule has 1 saturated heterocycles. The molecular weight excluding hydrogens is 544 g/mol. The second-order valence-electron chi connectivity index (χ2n) is 18.7. The van der Waals surface area contributed by atoms with Crippen LogP contribution in [0.5, 0.6) is 0 Å². The first-order chi connectivity index (χ1) is 20.3. The number of epoxide rings is 1. The fourth-order valence-corrected chi connectivity index (χ4v) is 10.4. The van der Waals surface area contributed by atoms with Gasteiger partial charge in [-0.2, -0.15) is 0 Å². The largest absolute Gasteiger partial charge is 0.393 e. The predicted molar refractivity (Wildman–Crippen MR) is 186 cm³/mol. The average molecular weight is 621 g/mol. The Balaban J connectivity index is 1.19. The summed E-state index contributed by atoms with van der Waals surface area (Å²) >= 11 is 0. The molecule has 3 rings (SSSR count). The van der Waals surface area contributed by atoms with E-state index in [9.17, 15) is 15.3 Å². The number of ether oxygens (including phenoxy) is 1. The summed E-state index contributed by atoms with van der Waals surface area (Å²) in [6, 6.07) is 0. The number of fused-ring (bicyclic) bond motifs is 1. The van der Waals surface area contributed by atoms with E-state index in [1.165, 1.54) is 77.0 Å². The van der Waals surface area contributed by atoms with Crippen LogP contribution in [-0.4, -0.2) is 44.3 Å². The van der Waals surface area contributed by atoms with E-state index in [1.54, 1.807) is 0 Å². The van der Waals surface area contributed by atoms with Gasteiger partial charge in [-0.05, 0) is 86.4 Å². The van der Waals surface area contributed by atoms with Gasteiger partial charge in [0.05, 0.1) is 23.4 Å². The van der Waals surface area contributed by atoms with Gasteiger partial charge >= 0.3 is 0 Å². The fraction of sp³-hybridized carbons (Fsp3) is 1.00. The zero-order valence-corrected chi connectivity index (χ0v) is 31.0. The average Bonchev–Trinajstić information content (AvgIpc) is 3.49. The highest BCUT2D eigenvalue weighted by atomic mass is 16.6. The van der Waals surface area contributed by atoms with Crippen molar-refractivity contribution >= 4 is 0 Å².